The highest BCUT2D eigenvalue weighted by atomic mass is 32.2. The van der Waals surface area contributed by atoms with Crippen LogP contribution in [0.15, 0.2) is 11.6 Å². The molecule has 0 spiro atoms. The molecule has 0 radical (unpaired) electrons. The normalized spacial score (nSPS) is 31.9. The molecule has 0 aromatic heterocycles. The van der Waals surface area contributed by atoms with Crippen LogP contribution in [0, 0.1) is 52.8 Å². The van der Waals surface area contributed by atoms with E-state index in [0.29, 0.717) is 19.6 Å². The summed E-state index contributed by atoms with van der Waals surface area (Å²) in [7, 11) is 0. The monoisotopic (exact) mass is 620 g/mol. The summed E-state index contributed by atoms with van der Waals surface area (Å²) in [5.41, 5.74) is 1.08. The molecular formula is C37H64O5S. The molecule has 0 aromatic rings. The summed E-state index contributed by atoms with van der Waals surface area (Å²) < 4.78 is 11.8. The number of fused-ring (bicyclic) bond motifs is 5. The Morgan fingerprint density at radius 3 is 2.49 bits per heavy atom. The molecule has 4 rings (SSSR count). The summed E-state index contributed by atoms with van der Waals surface area (Å²) in [6.45, 7) is 9.70. The van der Waals surface area contributed by atoms with E-state index in [9.17, 15) is 15.0 Å². The van der Waals surface area contributed by atoms with Gasteiger partial charge in [0, 0.05) is 24.2 Å². The third-order valence-corrected chi connectivity index (χ3v) is 13.5. The number of hydrogen-bond donors (Lipinski definition) is 2. The number of ether oxygens (including phenoxy) is 2. The molecular weight excluding hydrogens is 556 g/mol. The van der Waals surface area contributed by atoms with Gasteiger partial charge in [-0.1, -0.05) is 65.0 Å². The molecule has 0 heterocycles. The topological polar surface area (TPSA) is 76.0 Å². The van der Waals surface area contributed by atoms with Crippen LogP contribution < -0.4 is 0 Å². The SMILES string of the molecule is CCCCCC(C)C1CCC2C1CCC1C3CCC(OC(=O)C(C)CSCCCOCC(CC)(CO)CO)CC3=CCC12. The second kappa shape index (κ2) is 17.4. The molecule has 4 aliphatic rings. The Kier molecular flexibility index (Phi) is 14.3. The molecule has 0 saturated heterocycles. The van der Waals surface area contributed by atoms with Gasteiger partial charge < -0.3 is 19.7 Å². The van der Waals surface area contributed by atoms with Crippen LogP contribution in [0.5, 0.6) is 0 Å². The van der Waals surface area contributed by atoms with Crippen molar-refractivity contribution in [2.75, 3.05) is 37.9 Å². The van der Waals surface area contributed by atoms with E-state index in [1.807, 2.05) is 13.8 Å². The van der Waals surface area contributed by atoms with Crippen molar-refractivity contribution in [1.29, 1.82) is 0 Å². The van der Waals surface area contributed by atoms with Crippen molar-refractivity contribution in [3.8, 4) is 0 Å². The fourth-order valence-corrected chi connectivity index (χ4v) is 10.3. The van der Waals surface area contributed by atoms with Gasteiger partial charge in [-0.05, 0) is 105 Å². The summed E-state index contributed by atoms with van der Waals surface area (Å²) >= 11 is 1.78. The fraction of sp³-hybridized carbons (Fsp3) is 0.919. The zero-order chi connectivity index (χ0) is 30.8. The lowest BCUT2D eigenvalue weighted by atomic mass is 9.56. The molecule has 3 fully saturated rings. The third-order valence-electron chi connectivity index (χ3n) is 12.2. The first-order chi connectivity index (χ1) is 20.9. The summed E-state index contributed by atoms with van der Waals surface area (Å²) in [4.78, 5) is 12.9. The highest BCUT2D eigenvalue weighted by Gasteiger charge is 2.50. The molecule has 6 heteroatoms. The highest BCUT2D eigenvalue weighted by Crippen LogP contribution is 2.59. The fourth-order valence-electron chi connectivity index (χ4n) is 9.30. The van der Waals surface area contributed by atoms with E-state index in [1.165, 1.54) is 64.2 Å². The zero-order valence-corrected chi connectivity index (χ0v) is 28.8. The first kappa shape index (κ1) is 35.3. The molecule has 0 amide bonds. The van der Waals surface area contributed by atoms with Gasteiger partial charge in [0.25, 0.3) is 0 Å². The van der Waals surface area contributed by atoms with Crippen molar-refractivity contribution in [2.24, 2.45) is 52.8 Å². The van der Waals surface area contributed by atoms with Crippen molar-refractivity contribution < 1.29 is 24.5 Å². The lowest BCUT2D eigenvalue weighted by Gasteiger charge is -2.50. The molecule has 3 saturated carbocycles. The second-order valence-electron chi connectivity index (χ2n) is 15.0. The average molecular weight is 621 g/mol. The van der Waals surface area contributed by atoms with Crippen molar-refractivity contribution in [3.63, 3.8) is 0 Å². The number of esters is 1. The van der Waals surface area contributed by atoms with Gasteiger partial charge in [-0.15, -0.1) is 0 Å². The molecule has 43 heavy (non-hydrogen) atoms. The number of carbonyl (C=O) groups is 1. The van der Waals surface area contributed by atoms with E-state index in [0.717, 1.165) is 72.2 Å². The van der Waals surface area contributed by atoms with E-state index >= 15 is 0 Å². The summed E-state index contributed by atoms with van der Waals surface area (Å²) in [5, 5.41) is 19.1. The van der Waals surface area contributed by atoms with Gasteiger partial charge >= 0.3 is 5.97 Å². The van der Waals surface area contributed by atoms with Crippen LogP contribution in [0.3, 0.4) is 0 Å². The average Bonchev–Trinajstić information content (AvgIpc) is 3.47. The van der Waals surface area contributed by atoms with Crippen molar-refractivity contribution >= 4 is 17.7 Å². The summed E-state index contributed by atoms with van der Waals surface area (Å²) in [6, 6.07) is 0. The van der Waals surface area contributed by atoms with Gasteiger partial charge in [-0.2, -0.15) is 11.8 Å². The van der Waals surface area contributed by atoms with Gasteiger partial charge in [-0.3, -0.25) is 4.79 Å². The van der Waals surface area contributed by atoms with Crippen LogP contribution in [0.2, 0.25) is 0 Å². The Bertz CT molecular complexity index is 863. The van der Waals surface area contributed by atoms with Crippen LogP contribution in [0.1, 0.15) is 118 Å². The number of thioether (sulfide) groups is 1. The van der Waals surface area contributed by atoms with E-state index in [2.05, 4.69) is 19.9 Å². The molecule has 9 unspecified atom stereocenters. The van der Waals surface area contributed by atoms with Crippen molar-refractivity contribution in [2.45, 2.75) is 124 Å². The molecule has 0 bridgehead atoms. The number of rotatable bonds is 18. The molecule has 0 aromatic carbocycles. The maximum Gasteiger partial charge on any atom is 0.309 e. The Morgan fingerprint density at radius 2 is 1.74 bits per heavy atom. The second-order valence-corrected chi connectivity index (χ2v) is 16.1. The van der Waals surface area contributed by atoms with Gasteiger partial charge in [0.2, 0.25) is 0 Å². The van der Waals surface area contributed by atoms with Crippen LogP contribution in [0.25, 0.3) is 0 Å². The number of aliphatic hydroxyl groups is 2. The predicted molar refractivity (Wildman–Crippen MR) is 178 cm³/mol. The summed E-state index contributed by atoms with van der Waals surface area (Å²) in [6.07, 6.45) is 20.1. The third kappa shape index (κ3) is 9.04. The number of hydrogen-bond acceptors (Lipinski definition) is 6. The minimum Gasteiger partial charge on any atom is -0.462 e. The summed E-state index contributed by atoms with van der Waals surface area (Å²) in [5.74, 6) is 7.90. The van der Waals surface area contributed by atoms with Gasteiger partial charge in [0.05, 0.1) is 25.7 Å². The highest BCUT2D eigenvalue weighted by molar-refractivity contribution is 7.99. The van der Waals surface area contributed by atoms with E-state index in [-0.39, 0.29) is 31.2 Å². The first-order valence-electron chi connectivity index (χ1n) is 18.1. The maximum absolute atomic E-state index is 12.9. The van der Waals surface area contributed by atoms with Crippen LogP contribution in [-0.2, 0) is 14.3 Å². The van der Waals surface area contributed by atoms with Gasteiger partial charge in [0.15, 0.2) is 0 Å². The van der Waals surface area contributed by atoms with Crippen LogP contribution in [-0.4, -0.2) is 60.2 Å². The lowest BCUT2D eigenvalue weighted by Crippen LogP contribution is -2.42. The number of aliphatic hydroxyl groups excluding tert-OH is 2. The Hall–Kier alpha value is -0.560. The minimum absolute atomic E-state index is 0.0364. The lowest BCUT2D eigenvalue weighted by molar-refractivity contribution is -0.154. The largest absolute Gasteiger partial charge is 0.462 e. The van der Waals surface area contributed by atoms with Crippen molar-refractivity contribution in [3.05, 3.63) is 11.6 Å². The van der Waals surface area contributed by atoms with Crippen LogP contribution >= 0.6 is 11.8 Å². The van der Waals surface area contributed by atoms with Gasteiger partial charge in [0.1, 0.15) is 6.10 Å². The van der Waals surface area contributed by atoms with Gasteiger partial charge in [-0.25, -0.2) is 0 Å². The number of carbonyl (C=O) groups excluding carboxylic acids is 1. The molecule has 2 N–H and O–H groups in total. The molecule has 4 aliphatic carbocycles. The maximum atomic E-state index is 12.9. The van der Waals surface area contributed by atoms with Crippen molar-refractivity contribution in [1.82, 2.24) is 0 Å². The van der Waals surface area contributed by atoms with E-state index < -0.39 is 5.41 Å². The minimum atomic E-state index is -0.537. The Morgan fingerprint density at radius 1 is 0.977 bits per heavy atom. The molecule has 248 valence electrons. The van der Waals surface area contributed by atoms with Crippen LogP contribution in [0.4, 0.5) is 0 Å². The van der Waals surface area contributed by atoms with E-state index in [1.54, 1.807) is 17.3 Å². The molecule has 0 aliphatic heterocycles. The number of unbranched alkanes of at least 4 members (excludes halogenated alkanes) is 2. The number of allylic oxidation sites excluding steroid dienone is 1. The standard InChI is InChI=1S/C37H64O5S/c1-5-7-8-10-26(3)30-15-16-35-32(30)17-18-33-31-14-12-29(21-28(31)11-13-34(33)35)42-36(40)27(4)22-43-20-9-19-41-25-37(6-2,23-38)24-39/h11,26-27,29-35,38-39H,5-10,12-25H2,1-4H3. The molecule has 9 atom stereocenters. The Labute approximate surface area is 267 Å². The first-order valence-corrected chi connectivity index (χ1v) is 19.3. The quantitative estimate of drug-likeness (QED) is 0.0917. The van der Waals surface area contributed by atoms with E-state index in [4.69, 9.17) is 9.47 Å². The zero-order valence-electron chi connectivity index (χ0n) is 27.9. The smallest absolute Gasteiger partial charge is 0.309 e. The molecule has 5 nitrogen and oxygen atoms in total. The Balaban J connectivity index is 1.16. The predicted octanol–water partition coefficient (Wildman–Crippen LogP) is 8.07.